The molecule has 0 amide bonds. The Morgan fingerprint density at radius 1 is 0.629 bits per heavy atom. The lowest BCUT2D eigenvalue weighted by Crippen LogP contribution is -2.17. The molecule has 3 aromatic carbocycles. The van der Waals surface area contributed by atoms with E-state index in [1.165, 1.54) is 36.4 Å². The van der Waals surface area contributed by atoms with Gasteiger partial charge >= 0.3 is 0 Å². The molecule has 0 nitrogen and oxygen atoms in total. The van der Waals surface area contributed by atoms with Gasteiger partial charge in [-0.1, -0.05) is 55.8 Å². The smallest absolute Gasteiger partial charge is 0.164 e. The van der Waals surface area contributed by atoms with Crippen molar-refractivity contribution in [2.45, 2.75) is 57.8 Å². The number of alkyl halides is 2. The van der Waals surface area contributed by atoms with Crippen molar-refractivity contribution in [3.8, 4) is 11.1 Å². The number of aryl methyl sites for hydroxylation is 4. The minimum Gasteiger partial charge on any atom is -0.239 e. The Hall–Kier alpha value is -3.02. The zero-order valence-electron chi connectivity index (χ0n) is 19.4. The summed E-state index contributed by atoms with van der Waals surface area (Å²) in [5, 5.41) is 0. The lowest BCUT2D eigenvalue weighted by Gasteiger charge is -2.28. The highest BCUT2D eigenvalue weighted by Crippen LogP contribution is 2.51. The van der Waals surface area contributed by atoms with Crippen molar-refractivity contribution in [2.24, 2.45) is 0 Å². The van der Waals surface area contributed by atoms with Crippen LogP contribution in [-0.4, -0.2) is 0 Å². The number of fused-ring (bicyclic) bond motifs is 3. The summed E-state index contributed by atoms with van der Waals surface area (Å²) in [5.41, 5.74) is 0.0491. The molecule has 0 fully saturated rings. The summed E-state index contributed by atoms with van der Waals surface area (Å²) in [5.74, 6) is -3.67. The van der Waals surface area contributed by atoms with Gasteiger partial charge in [-0.2, -0.15) is 0 Å². The molecule has 1 aliphatic carbocycles. The van der Waals surface area contributed by atoms with Crippen molar-refractivity contribution in [3.05, 3.63) is 106 Å². The lowest BCUT2D eigenvalue weighted by molar-refractivity contribution is 0.160. The van der Waals surface area contributed by atoms with Crippen LogP contribution in [0.5, 0.6) is 0 Å². The molecule has 35 heavy (non-hydrogen) atoms. The van der Waals surface area contributed by atoms with Crippen LogP contribution in [0.25, 0.3) is 11.1 Å². The van der Waals surface area contributed by atoms with E-state index < -0.39 is 41.2 Å². The first-order valence-corrected chi connectivity index (χ1v) is 11.8. The second-order valence-electron chi connectivity index (χ2n) is 8.89. The van der Waals surface area contributed by atoms with E-state index in [2.05, 4.69) is 6.58 Å². The molecule has 0 saturated heterocycles. The average Bonchev–Trinajstić information content (AvgIpc) is 2.84. The molecular weight excluding hydrogens is 462 g/mol. The average molecular weight is 489 g/mol. The van der Waals surface area contributed by atoms with Gasteiger partial charge in [0.05, 0.1) is 0 Å². The predicted octanol–water partition coefficient (Wildman–Crippen LogP) is 8.80. The first-order valence-electron chi connectivity index (χ1n) is 11.8. The van der Waals surface area contributed by atoms with Crippen molar-refractivity contribution in [1.29, 1.82) is 0 Å². The zero-order valence-corrected chi connectivity index (χ0v) is 19.4. The fourth-order valence-electron chi connectivity index (χ4n) is 4.78. The molecule has 1 aliphatic rings. The normalized spacial score (nSPS) is 16.7. The highest BCUT2D eigenvalue weighted by atomic mass is 19.2. The van der Waals surface area contributed by atoms with Crippen LogP contribution in [-0.2, 0) is 25.7 Å². The van der Waals surface area contributed by atoms with Crippen molar-refractivity contribution in [2.75, 3.05) is 0 Å². The van der Waals surface area contributed by atoms with Gasteiger partial charge < -0.3 is 0 Å². The number of benzene rings is 3. The van der Waals surface area contributed by atoms with E-state index in [0.717, 1.165) is 0 Å². The monoisotopic (exact) mass is 488 g/mol. The standard InChI is InChI=1S/C29H26F6/c1-3-5-7-17-8-10-19(27(33)26(17)32)11-9-18-13-15-21-20-14-12-16(6-4-2)24(30)22(20)28(34)29(35)23(21)25(18)31/h3,8,10,12-15,28-29H,1,4-7,9,11H2,2H3. The van der Waals surface area contributed by atoms with Gasteiger partial charge in [0.15, 0.2) is 24.0 Å². The molecule has 0 spiro atoms. The van der Waals surface area contributed by atoms with Gasteiger partial charge in [0.1, 0.15) is 11.6 Å². The molecule has 3 aromatic rings. The Morgan fingerprint density at radius 2 is 1.03 bits per heavy atom. The molecule has 0 bridgehead atoms. The zero-order chi connectivity index (χ0) is 25.3. The van der Waals surface area contributed by atoms with Crippen LogP contribution in [0.2, 0.25) is 0 Å². The molecular formula is C29H26F6. The van der Waals surface area contributed by atoms with Gasteiger partial charge in [0.25, 0.3) is 0 Å². The number of rotatable bonds is 8. The Bertz CT molecular complexity index is 1260. The van der Waals surface area contributed by atoms with Crippen LogP contribution >= 0.6 is 0 Å². The van der Waals surface area contributed by atoms with E-state index >= 15 is 13.2 Å². The molecule has 6 heteroatoms. The Balaban J connectivity index is 1.65. The quantitative estimate of drug-likeness (QED) is 0.220. The van der Waals surface area contributed by atoms with Gasteiger partial charge in [-0.15, -0.1) is 6.58 Å². The van der Waals surface area contributed by atoms with Gasteiger partial charge in [0, 0.05) is 11.1 Å². The molecule has 184 valence electrons. The summed E-state index contributed by atoms with van der Waals surface area (Å²) in [6, 6.07) is 8.83. The first kappa shape index (κ1) is 25.1. The van der Waals surface area contributed by atoms with E-state index in [-0.39, 0.29) is 46.2 Å². The topological polar surface area (TPSA) is 0 Å². The second kappa shape index (κ2) is 10.3. The maximum atomic E-state index is 15.4. The van der Waals surface area contributed by atoms with Gasteiger partial charge in [0.2, 0.25) is 0 Å². The highest BCUT2D eigenvalue weighted by molar-refractivity contribution is 5.76. The fourth-order valence-corrected chi connectivity index (χ4v) is 4.78. The summed E-state index contributed by atoms with van der Waals surface area (Å²) in [6.07, 6.45) is -1.32. The second-order valence-corrected chi connectivity index (χ2v) is 8.89. The molecule has 2 unspecified atom stereocenters. The summed E-state index contributed by atoms with van der Waals surface area (Å²) in [4.78, 5) is 0. The molecule has 0 aromatic heterocycles. The van der Waals surface area contributed by atoms with Gasteiger partial charge in [-0.3, -0.25) is 0 Å². The van der Waals surface area contributed by atoms with E-state index in [9.17, 15) is 13.2 Å². The molecule has 2 atom stereocenters. The number of hydrogen-bond acceptors (Lipinski definition) is 0. The molecule has 0 saturated carbocycles. The molecule has 0 aliphatic heterocycles. The first-order chi connectivity index (χ1) is 16.8. The number of hydrogen-bond donors (Lipinski definition) is 0. The third-order valence-corrected chi connectivity index (χ3v) is 6.66. The Kier molecular flexibility index (Phi) is 7.39. The van der Waals surface area contributed by atoms with Crippen LogP contribution in [0.3, 0.4) is 0 Å². The van der Waals surface area contributed by atoms with E-state index in [4.69, 9.17) is 0 Å². The van der Waals surface area contributed by atoms with Gasteiger partial charge in [-0.25, -0.2) is 26.3 Å². The minimum absolute atomic E-state index is 0.0260. The Morgan fingerprint density at radius 3 is 1.49 bits per heavy atom. The van der Waals surface area contributed by atoms with Crippen molar-refractivity contribution in [3.63, 3.8) is 0 Å². The van der Waals surface area contributed by atoms with Crippen LogP contribution in [0.1, 0.15) is 65.5 Å². The van der Waals surface area contributed by atoms with Crippen LogP contribution in [0.15, 0.2) is 49.1 Å². The summed E-state index contributed by atoms with van der Waals surface area (Å²) in [7, 11) is 0. The van der Waals surface area contributed by atoms with Crippen molar-refractivity contribution in [1.82, 2.24) is 0 Å². The summed E-state index contributed by atoms with van der Waals surface area (Å²) >= 11 is 0. The van der Waals surface area contributed by atoms with E-state index in [1.807, 2.05) is 6.92 Å². The van der Waals surface area contributed by atoms with Crippen molar-refractivity contribution < 1.29 is 26.3 Å². The number of halogens is 6. The van der Waals surface area contributed by atoms with Crippen molar-refractivity contribution >= 4 is 0 Å². The fraction of sp³-hybridized carbons (Fsp3) is 0.310. The largest absolute Gasteiger partial charge is 0.239 e. The minimum atomic E-state index is -2.37. The summed E-state index contributed by atoms with van der Waals surface area (Å²) < 4.78 is 89.4. The predicted molar refractivity (Wildman–Crippen MR) is 126 cm³/mol. The van der Waals surface area contributed by atoms with Crippen LogP contribution in [0, 0.1) is 23.3 Å². The van der Waals surface area contributed by atoms with Crippen LogP contribution < -0.4 is 0 Å². The number of allylic oxidation sites excluding steroid dienone is 1. The Labute approximate surface area is 201 Å². The van der Waals surface area contributed by atoms with Gasteiger partial charge in [-0.05, 0) is 65.5 Å². The third-order valence-electron chi connectivity index (χ3n) is 6.66. The summed E-state index contributed by atoms with van der Waals surface area (Å²) in [6.45, 7) is 5.42. The molecule has 4 rings (SSSR count). The van der Waals surface area contributed by atoms with E-state index in [0.29, 0.717) is 31.2 Å². The maximum absolute atomic E-state index is 15.4. The highest BCUT2D eigenvalue weighted by Gasteiger charge is 2.39. The van der Waals surface area contributed by atoms with Crippen LogP contribution in [0.4, 0.5) is 26.3 Å². The maximum Gasteiger partial charge on any atom is 0.164 e. The molecule has 0 radical (unpaired) electrons. The lowest BCUT2D eigenvalue weighted by atomic mass is 9.80. The SMILES string of the molecule is C=CCCc1ccc(CCc2ccc3c(c2F)C(F)C(F)c2c-3ccc(CCC)c2F)c(F)c1F. The third kappa shape index (κ3) is 4.51. The van der Waals surface area contributed by atoms with E-state index in [1.54, 1.807) is 6.08 Å². The molecule has 0 heterocycles. The molecule has 0 N–H and O–H groups in total.